The van der Waals surface area contributed by atoms with Crippen LogP contribution >= 0.6 is 0 Å². The number of hydrogen-bond donors (Lipinski definition) is 1. The lowest BCUT2D eigenvalue weighted by Crippen LogP contribution is -2.52. The van der Waals surface area contributed by atoms with Crippen LogP contribution in [0.1, 0.15) is 38.2 Å². The average Bonchev–Trinajstić information content (AvgIpc) is 3.57. The molecule has 5 rings (SSSR count). The molecule has 2 amide bonds. The molecule has 4 aromatic carbocycles. The molecule has 0 bridgehead atoms. The van der Waals surface area contributed by atoms with Gasteiger partial charge in [-0.2, -0.15) is 0 Å². The predicted molar refractivity (Wildman–Crippen MR) is 171 cm³/mol. The van der Waals surface area contributed by atoms with Crippen LogP contribution in [0.25, 0.3) is 0 Å². The monoisotopic (exact) mass is 611 g/mol. The Morgan fingerprint density at radius 3 is 1.95 bits per heavy atom. The van der Waals surface area contributed by atoms with Gasteiger partial charge >= 0.3 is 0 Å². The summed E-state index contributed by atoms with van der Waals surface area (Å²) < 4.78 is 35.0. The minimum Gasteiger partial charge on any atom is -0.457 e. The number of hydrogen-bond acceptors (Lipinski definition) is 5. The molecule has 0 spiro atoms. The summed E-state index contributed by atoms with van der Waals surface area (Å²) in [4.78, 5) is 29.0. The Kier molecular flexibility index (Phi) is 9.96. The van der Waals surface area contributed by atoms with Gasteiger partial charge in [0.1, 0.15) is 24.1 Å². The molecule has 0 unspecified atom stereocenters. The van der Waals surface area contributed by atoms with E-state index in [0.717, 1.165) is 35.6 Å². The fraction of sp³-hybridized carbons (Fsp3) is 0.257. The topological polar surface area (TPSA) is 96.0 Å². The van der Waals surface area contributed by atoms with Crippen molar-refractivity contribution in [1.82, 2.24) is 10.2 Å². The van der Waals surface area contributed by atoms with Gasteiger partial charge in [0.05, 0.1) is 10.6 Å². The molecule has 4 aromatic rings. The highest BCUT2D eigenvalue weighted by Gasteiger charge is 2.33. The first kappa shape index (κ1) is 30.8. The zero-order chi connectivity index (χ0) is 30.9. The van der Waals surface area contributed by atoms with Crippen molar-refractivity contribution in [2.24, 2.45) is 0 Å². The van der Waals surface area contributed by atoms with E-state index in [1.165, 1.54) is 17.0 Å². The fourth-order valence-electron chi connectivity index (χ4n) is 5.31. The third kappa shape index (κ3) is 7.65. The van der Waals surface area contributed by atoms with Crippen LogP contribution in [0.2, 0.25) is 0 Å². The van der Waals surface area contributed by atoms with Gasteiger partial charge in [0, 0.05) is 12.6 Å². The first-order valence-electron chi connectivity index (χ1n) is 14.9. The van der Waals surface area contributed by atoms with E-state index >= 15 is 0 Å². The second-order valence-electron chi connectivity index (χ2n) is 10.9. The zero-order valence-corrected chi connectivity index (χ0v) is 25.5. The number of nitrogens with one attached hydrogen (secondary N) is 1. The maximum Gasteiger partial charge on any atom is 0.264 e. The van der Waals surface area contributed by atoms with E-state index in [4.69, 9.17) is 4.74 Å². The Hall–Kier alpha value is -4.63. The van der Waals surface area contributed by atoms with E-state index in [2.05, 4.69) is 5.32 Å². The van der Waals surface area contributed by atoms with Gasteiger partial charge in [-0.05, 0) is 73.9 Å². The molecule has 0 aromatic heterocycles. The minimum atomic E-state index is -4.15. The Labute approximate surface area is 259 Å². The molecule has 1 fully saturated rings. The highest BCUT2D eigenvalue weighted by Crippen LogP contribution is 2.28. The molecule has 228 valence electrons. The van der Waals surface area contributed by atoms with E-state index in [9.17, 15) is 18.0 Å². The van der Waals surface area contributed by atoms with Crippen molar-refractivity contribution < 1.29 is 22.7 Å². The predicted octanol–water partition coefficient (Wildman–Crippen LogP) is 6.15. The number of sulfonamides is 1. The van der Waals surface area contributed by atoms with Gasteiger partial charge in [-0.25, -0.2) is 8.42 Å². The number of benzene rings is 4. The van der Waals surface area contributed by atoms with Crippen molar-refractivity contribution in [1.29, 1.82) is 0 Å². The number of amides is 2. The second kappa shape index (κ2) is 14.2. The maximum atomic E-state index is 14.1. The summed E-state index contributed by atoms with van der Waals surface area (Å²) in [6, 6.07) is 32.5. The van der Waals surface area contributed by atoms with E-state index < -0.39 is 28.5 Å². The van der Waals surface area contributed by atoms with Crippen molar-refractivity contribution in [2.45, 2.75) is 56.1 Å². The van der Waals surface area contributed by atoms with Crippen LogP contribution < -0.4 is 14.4 Å². The van der Waals surface area contributed by atoms with Crippen molar-refractivity contribution in [3.8, 4) is 11.5 Å². The largest absolute Gasteiger partial charge is 0.457 e. The molecule has 1 N–H and O–H groups in total. The molecule has 8 nitrogen and oxygen atoms in total. The van der Waals surface area contributed by atoms with Gasteiger partial charge < -0.3 is 15.0 Å². The van der Waals surface area contributed by atoms with E-state index in [0.29, 0.717) is 17.2 Å². The van der Waals surface area contributed by atoms with Crippen LogP contribution in [0.3, 0.4) is 0 Å². The SMILES string of the molecule is C[C@@H](C(=O)NC1CCCC1)N(Cc1ccccc1)C(=O)CN(c1ccc(Oc2ccccc2)cc1)S(=O)(=O)c1ccccc1. The lowest BCUT2D eigenvalue weighted by molar-refractivity contribution is -0.139. The summed E-state index contributed by atoms with van der Waals surface area (Å²) in [5.41, 5.74) is 1.13. The molecular weight excluding hydrogens is 574 g/mol. The number of para-hydroxylation sites is 1. The summed E-state index contributed by atoms with van der Waals surface area (Å²) in [6.07, 6.45) is 3.96. The lowest BCUT2D eigenvalue weighted by atomic mass is 10.1. The Morgan fingerprint density at radius 2 is 1.34 bits per heavy atom. The lowest BCUT2D eigenvalue weighted by Gasteiger charge is -2.32. The summed E-state index contributed by atoms with van der Waals surface area (Å²) >= 11 is 0. The van der Waals surface area contributed by atoms with Gasteiger partial charge in [0.2, 0.25) is 11.8 Å². The van der Waals surface area contributed by atoms with Crippen LogP contribution in [0.5, 0.6) is 11.5 Å². The van der Waals surface area contributed by atoms with Crippen LogP contribution in [-0.4, -0.2) is 43.8 Å². The molecule has 0 radical (unpaired) electrons. The van der Waals surface area contributed by atoms with E-state index in [1.54, 1.807) is 49.4 Å². The van der Waals surface area contributed by atoms with E-state index in [1.807, 2.05) is 60.7 Å². The Balaban J connectivity index is 1.45. The number of carbonyl (C=O) groups excluding carboxylic acids is 2. The Bertz CT molecular complexity index is 1630. The highest BCUT2D eigenvalue weighted by molar-refractivity contribution is 7.92. The molecule has 1 atom stereocenters. The first-order valence-corrected chi connectivity index (χ1v) is 16.3. The molecular formula is C35H37N3O5S. The van der Waals surface area contributed by atoms with Crippen molar-refractivity contribution in [2.75, 3.05) is 10.8 Å². The van der Waals surface area contributed by atoms with Crippen molar-refractivity contribution in [3.63, 3.8) is 0 Å². The van der Waals surface area contributed by atoms with E-state index in [-0.39, 0.29) is 23.4 Å². The standard InChI is InChI=1S/C35H37N3O5S/c1-27(35(40)36-29-15-11-12-16-29)37(25-28-13-5-2-6-14-28)34(39)26-38(44(41,42)33-19-9-4-10-20-33)30-21-23-32(24-22-30)43-31-17-7-3-8-18-31/h2-10,13-14,17-24,27,29H,11-12,15-16,25-26H2,1H3,(H,36,40)/t27-/m0/s1. The second-order valence-corrected chi connectivity index (χ2v) is 12.8. The third-order valence-electron chi connectivity index (χ3n) is 7.78. The van der Waals surface area contributed by atoms with Crippen LogP contribution in [0.4, 0.5) is 5.69 Å². The molecule has 44 heavy (non-hydrogen) atoms. The van der Waals surface area contributed by atoms with Gasteiger partial charge in [-0.15, -0.1) is 0 Å². The summed E-state index contributed by atoms with van der Waals surface area (Å²) in [7, 11) is -4.15. The van der Waals surface area contributed by atoms with Crippen molar-refractivity contribution in [3.05, 3.63) is 121 Å². The highest BCUT2D eigenvalue weighted by atomic mass is 32.2. The summed E-state index contributed by atoms with van der Waals surface area (Å²) in [6.45, 7) is 1.35. The number of nitrogens with zero attached hydrogens (tertiary/aromatic N) is 2. The van der Waals surface area contributed by atoms with Gasteiger partial charge in [0.25, 0.3) is 10.0 Å². The van der Waals surface area contributed by atoms with Crippen LogP contribution in [0.15, 0.2) is 120 Å². The third-order valence-corrected chi connectivity index (χ3v) is 9.57. The normalized spacial score (nSPS) is 14.0. The zero-order valence-electron chi connectivity index (χ0n) is 24.7. The minimum absolute atomic E-state index is 0.0547. The summed E-state index contributed by atoms with van der Waals surface area (Å²) in [5.74, 6) is 0.421. The average molecular weight is 612 g/mol. The summed E-state index contributed by atoms with van der Waals surface area (Å²) in [5, 5.41) is 3.09. The molecule has 0 saturated heterocycles. The van der Waals surface area contributed by atoms with Crippen LogP contribution in [-0.2, 0) is 26.2 Å². The number of anilines is 1. The molecule has 1 aliphatic carbocycles. The molecule has 1 aliphatic rings. The molecule has 1 saturated carbocycles. The fourth-order valence-corrected chi connectivity index (χ4v) is 6.74. The smallest absolute Gasteiger partial charge is 0.264 e. The number of rotatable bonds is 12. The quantitative estimate of drug-likeness (QED) is 0.207. The number of ether oxygens (including phenoxy) is 1. The van der Waals surface area contributed by atoms with Crippen molar-refractivity contribution >= 4 is 27.5 Å². The maximum absolute atomic E-state index is 14.1. The van der Waals surface area contributed by atoms with Gasteiger partial charge in [0.15, 0.2) is 0 Å². The van der Waals surface area contributed by atoms with Crippen LogP contribution in [0, 0.1) is 0 Å². The molecule has 0 aliphatic heterocycles. The molecule has 9 heteroatoms. The first-order chi connectivity index (χ1) is 21.3. The van der Waals surface area contributed by atoms with Gasteiger partial charge in [-0.3, -0.25) is 13.9 Å². The Morgan fingerprint density at radius 1 is 0.795 bits per heavy atom. The van der Waals surface area contributed by atoms with Gasteiger partial charge in [-0.1, -0.05) is 79.6 Å². The number of carbonyl (C=O) groups is 2. The molecule has 0 heterocycles.